The molecule has 8 nitrogen and oxygen atoms in total. The SMILES string of the molecule is [C-]#[N+]c1ccc2c(n1)c(N1C[C@@H](C)N(C(c3ccc(F)cc3)c3ccccc3N3CCOCC3)C[C@@H]1C)cc(=O)n2C. The lowest BCUT2D eigenvalue weighted by Crippen LogP contribution is -2.57. The van der Waals surface area contributed by atoms with E-state index in [0.29, 0.717) is 43.2 Å². The molecule has 0 bridgehead atoms. The maximum atomic E-state index is 14.1. The third-order valence-corrected chi connectivity index (χ3v) is 8.61. The number of ether oxygens (including phenoxy) is 1. The van der Waals surface area contributed by atoms with Crippen molar-refractivity contribution in [1.29, 1.82) is 0 Å². The molecule has 2 aliphatic rings. The van der Waals surface area contributed by atoms with Crippen LogP contribution in [0.4, 0.5) is 21.6 Å². The molecule has 3 atom stereocenters. The van der Waals surface area contributed by atoms with Crippen LogP contribution in [0.3, 0.4) is 0 Å². The third-order valence-electron chi connectivity index (χ3n) is 8.61. The van der Waals surface area contributed by atoms with Crippen LogP contribution < -0.4 is 15.4 Å². The summed E-state index contributed by atoms with van der Waals surface area (Å²) < 4.78 is 21.3. The normalized spacial score (nSPS) is 20.5. The minimum absolute atomic E-state index is 0.0356. The van der Waals surface area contributed by atoms with Crippen molar-refractivity contribution in [2.75, 3.05) is 49.2 Å². The summed E-state index contributed by atoms with van der Waals surface area (Å²) in [5.74, 6) is 0.0480. The molecule has 1 unspecified atom stereocenters. The molecule has 2 aromatic carbocycles. The van der Waals surface area contributed by atoms with Gasteiger partial charge in [-0.15, -0.1) is 4.98 Å². The van der Waals surface area contributed by atoms with Crippen molar-refractivity contribution in [3.05, 3.63) is 105 Å². The average Bonchev–Trinajstić information content (AvgIpc) is 3.02. The number of hydrogen-bond acceptors (Lipinski definition) is 6. The fraction of sp³-hybridized carbons (Fsp3) is 0.364. The van der Waals surface area contributed by atoms with Crippen LogP contribution in [-0.2, 0) is 11.8 Å². The summed E-state index contributed by atoms with van der Waals surface area (Å²) in [4.78, 5) is 28.3. The highest BCUT2D eigenvalue weighted by atomic mass is 19.1. The molecule has 0 N–H and O–H groups in total. The third kappa shape index (κ3) is 5.13. The van der Waals surface area contributed by atoms with Gasteiger partial charge in [-0.3, -0.25) is 9.69 Å². The minimum atomic E-state index is -0.256. The van der Waals surface area contributed by atoms with Gasteiger partial charge in [-0.05, 0) is 55.3 Å². The second-order valence-corrected chi connectivity index (χ2v) is 11.2. The smallest absolute Gasteiger partial charge is 0.270 e. The molecule has 6 rings (SSSR count). The van der Waals surface area contributed by atoms with E-state index in [1.807, 2.05) is 12.1 Å². The van der Waals surface area contributed by atoms with E-state index in [1.165, 1.54) is 23.4 Å². The zero-order chi connectivity index (χ0) is 29.4. The summed E-state index contributed by atoms with van der Waals surface area (Å²) in [6.45, 7) is 16.2. The summed E-state index contributed by atoms with van der Waals surface area (Å²) in [5, 5.41) is 0. The Labute approximate surface area is 245 Å². The number of hydrogen-bond donors (Lipinski definition) is 0. The van der Waals surface area contributed by atoms with Gasteiger partial charge in [-0.2, -0.15) is 0 Å². The quantitative estimate of drug-likeness (QED) is 0.312. The van der Waals surface area contributed by atoms with Gasteiger partial charge in [0, 0.05) is 57.1 Å². The molecule has 2 saturated heterocycles. The predicted octanol–water partition coefficient (Wildman–Crippen LogP) is 5.15. The van der Waals surface area contributed by atoms with Gasteiger partial charge in [-0.25, -0.2) is 4.39 Å². The van der Waals surface area contributed by atoms with E-state index >= 15 is 0 Å². The summed E-state index contributed by atoms with van der Waals surface area (Å²) >= 11 is 0. The molecule has 4 aromatic rings. The Morgan fingerprint density at radius 1 is 0.976 bits per heavy atom. The zero-order valence-corrected chi connectivity index (χ0v) is 24.2. The van der Waals surface area contributed by atoms with Crippen LogP contribution in [-0.4, -0.2) is 65.9 Å². The van der Waals surface area contributed by atoms with Gasteiger partial charge in [0.25, 0.3) is 11.4 Å². The molecule has 216 valence electrons. The number of pyridine rings is 2. The highest BCUT2D eigenvalue weighted by Crippen LogP contribution is 2.39. The Hall–Kier alpha value is -4.26. The topological polar surface area (TPSA) is 58.2 Å². The van der Waals surface area contributed by atoms with E-state index in [0.717, 1.165) is 24.3 Å². The van der Waals surface area contributed by atoms with Gasteiger partial charge >= 0.3 is 0 Å². The summed E-state index contributed by atoms with van der Waals surface area (Å²) in [5.41, 5.74) is 5.39. The van der Waals surface area contributed by atoms with Gasteiger partial charge < -0.3 is 23.9 Å². The first-order chi connectivity index (χ1) is 20.4. The molecule has 0 radical (unpaired) electrons. The summed E-state index contributed by atoms with van der Waals surface area (Å²) in [6, 6.07) is 20.5. The van der Waals surface area contributed by atoms with Crippen LogP contribution in [0.1, 0.15) is 31.0 Å². The number of benzene rings is 2. The van der Waals surface area contributed by atoms with Crippen LogP contribution in [0, 0.1) is 12.4 Å². The van der Waals surface area contributed by atoms with E-state index in [9.17, 15) is 9.18 Å². The molecule has 0 amide bonds. The maximum absolute atomic E-state index is 14.1. The number of nitrogens with zero attached hydrogens (tertiary/aromatic N) is 6. The lowest BCUT2D eigenvalue weighted by Gasteiger charge is -2.49. The van der Waals surface area contributed by atoms with Crippen molar-refractivity contribution in [3.8, 4) is 0 Å². The molecule has 2 aromatic heterocycles. The number of fused-ring (bicyclic) bond motifs is 1. The molecular formula is C33H35FN6O2. The Balaban J connectivity index is 1.41. The van der Waals surface area contributed by atoms with Crippen molar-refractivity contribution >= 4 is 28.2 Å². The van der Waals surface area contributed by atoms with Crippen LogP contribution in [0.15, 0.2) is 71.5 Å². The van der Waals surface area contributed by atoms with E-state index in [4.69, 9.17) is 11.3 Å². The highest BCUT2D eigenvalue weighted by molar-refractivity contribution is 5.89. The van der Waals surface area contributed by atoms with Crippen molar-refractivity contribution in [1.82, 2.24) is 14.5 Å². The summed E-state index contributed by atoms with van der Waals surface area (Å²) in [7, 11) is 1.73. The number of morpholine rings is 1. The van der Waals surface area contributed by atoms with Gasteiger partial charge in [0.15, 0.2) is 0 Å². The first kappa shape index (κ1) is 27.9. The number of rotatable bonds is 5. The summed E-state index contributed by atoms with van der Waals surface area (Å²) in [6.07, 6.45) is 0. The van der Waals surface area contributed by atoms with E-state index in [2.05, 4.69) is 62.6 Å². The van der Waals surface area contributed by atoms with Gasteiger partial charge in [0.05, 0.1) is 30.5 Å². The fourth-order valence-electron chi connectivity index (χ4n) is 6.44. The van der Waals surface area contributed by atoms with Gasteiger partial charge in [0.1, 0.15) is 5.82 Å². The number of anilines is 2. The van der Waals surface area contributed by atoms with Gasteiger partial charge in [-0.1, -0.05) is 36.9 Å². The molecule has 0 aliphatic carbocycles. The average molecular weight is 567 g/mol. The lowest BCUT2D eigenvalue weighted by molar-refractivity contribution is 0.120. The van der Waals surface area contributed by atoms with E-state index in [-0.39, 0.29) is 29.5 Å². The van der Waals surface area contributed by atoms with Crippen molar-refractivity contribution in [3.63, 3.8) is 0 Å². The van der Waals surface area contributed by atoms with Crippen molar-refractivity contribution < 1.29 is 9.13 Å². The van der Waals surface area contributed by atoms with E-state index in [1.54, 1.807) is 29.8 Å². The monoisotopic (exact) mass is 566 g/mol. The molecule has 2 aliphatic heterocycles. The largest absolute Gasteiger partial charge is 0.378 e. The van der Waals surface area contributed by atoms with Crippen LogP contribution in [0.25, 0.3) is 15.9 Å². The highest BCUT2D eigenvalue weighted by Gasteiger charge is 2.37. The molecule has 0 spiro atoms. The standard InChI is InChI=1S/C33H35FN6O2/c1-22-21-40(23(2)20-39(22)29-19-31(41)37(4)28-13-14-30(35-3)36-32(28)29)33(24-9-11-25(34)12-10-24)26-7-5-6-8-27(26)38-15-17-42-18-16-38/h5-14,19,22-23,33H,15-18,20-21H2,1-2,4H3/t22-,23+,33?/m0/s1. The minimum Gasteiger partial charge on any atom is -0.378 e. The zero-order valence-electron chi connectivity index (χ0n) is 24.2. The Kier molecular flexibility index (Phi) is 7.67. The van der Waals surface area contributed by atoms with Crippen molar-refractivity contribution in [2.24, 2.45) is 7.05 Å². The number of halogens is 1. The number of piperazine rings is 1. The first-order valence-corrected chi connectivity index (χ1v) is 14.4. The van der Waals surface area contributed by atoms with E-state index < -0.39 is 0 Å². The first-order valence-electron chi connectivity index (χ1n) is 14.4. The van der Waals surface area contributed by atoms with Crippen molar-refractivity contribution in [2.45, 2.75) is 32.0 Å². The lowest BCUT2D eigenvalue weighted by atomic mass is 9.91. The predicted molar refractivity (Wildman–Crippen MR) is 164 cm³/mol. The molecule has 42 heavy (non-hydrogen) atoms. The molecule has 0 saturated carbocycles. The van der Waals surface area contributed by atoms with Crippen LogP contribution in [0.5, 0.6) is 0 Å². The Bertz CT molecular complexity index is 1690. The molecule has 4 heterocycles. The Morgan fingerprint density at radius 2 is 1.71 bits per heavy atom. The second kappa shape index (κ2) is 11.6. The van der Waals surface area contributed by atoms with Gasteiger partial charge in [0.2, 0.25) is 5.52 Å². The number of aromatic nitrogens is 2. The fourth-order valence-corrected chi connectivity index (χ4v) is 6.44. The van der Waals surface area contributed by atoms with Crippen LogP contribution in [0.2, 0.25) is 0 Å². The number of para-hydroxylation sites is 1. The maximum Gasteiger partial charge on any atom is 0.270 e. The molecule has 2 fully saturated rings. The van der Waals surface area contributed by atoms with Crippen LogP contribution >= 0.6 is 0 Å². The number of aryl methyl sites for hydroxylation is 1. The Morgan fingerprint density at radius 3 is 2.45 bits per heavy atom. The molecule has 9 heteroatoms. The second-order valence-electron chi connectivity index (χ2n) is 11.2. The molecular weight excluding hydrogens is 531 g/mol.